The largest absolute Gasteiger partial charge is 0.359 e. The lowest BCUT2D eigenvalue weighted by Crippen LogP contribution is -2.41. The van der Waals surface area contributed by atoms with Crippen LogP contribution in [0.2, 0.25) is 0 Å². The van der Waals surface area contributed by atoms with Crippen LogP contribution >= 0.6 is 12.2 Å². The first-order valence-electron chi connectivity index (χ1n) is 9.49. The number of rotatable bonds is 6. The minimum absolute atomic E-state index is 0.491. The first kappa shape index (κ1) is 18.6. The molecular formula is C22H27N3S. The fourth-order valence-corrected chi connectivity index (χ4v) is 3.61. The van der Waals surface area contributed by atoms with Gasteiger partial charge < -0.3 is 5.32 Å². The maximum atomic E-state index is 5.45. The van der Waals surface area contributed by atoms with Gasteiger partial charge in [-0.05, 0) is 36.2 Å². The Morgan fingerprint density at radius 2 is 1.38 bits per heavy atom. The van der Waals surface area contributed by atoms with Crippen LogP contribution in [0.1, 0.15) is 43.2 Å². The zero-order valence-corrected chi connectivity index (χ0v) is 16.0. The second-order valence-electron chi connectivity index (χ2n) is 6.92. The van der Waals surface area contributed by atoms with Gasteiger partial charge in [-0.3, -0.25) is 5.43 Å². The number of nitrogens with one attached hydrogen (secondary N) is 2. The second-order valence-corrected chi connectivity index (χ2v) is 7.33. The minimum Gasteiger partial charge on any atom is -0.359 e. The topological polar surface area (TPSA) is 36.4 Å². The molecule has 0 radical (unpaired) electrons. The first-order chi connectivity index (χ1) is 12.8. The van der Waals surface area contributed by atoms with Crippen LogP contribution in [0.4, 0.5) is 0 Å². The average molecular weight is 366 g/mol. The molecule has 2 aromatic rings. The van der Waals surface area contributed by atoms with Crippen molar-refractivity contribution in [2.45, 2.75) is 51.0 Å². The molecule has 1 fully saturated rings. The third-order valence-corrected chi connectivity index (χ3v) is 4.97. The fraction of sp³-hybridized carbons (Fsp3) is 0.364. The van der Waals surface area contributed by atoms with Crippen molar-refractivity contribution in [3.8, 4) is 0 Å². The number of thiocarbonyl (C=S) groups is 1. The smallest absolute Gasteiger partial charge is 0.187 e. The molecule has 0 spiro atoms. The predicted molar refractivity (Wildman–Crippen MR) is 113 cm³/mol. The van der Waals surface area contributed by atoms with Gasteiger partial charge in [0.05, 0.1) is 0 Å². The molecule has 136 valence electrons. The van der Waals surface area contributed by atoms with E-state index in [0.29, 0.717) is 11.2 Å². The molecule has 0 aliphatic heterocycles. The highest BCUT2D eigenvalue weighted by atomic mass is 32.1. The molecule has 0 heterocycles. The van der Waals surface area contributed by atoms with Crippen LogP contribution in [-0.2, 0) is 12.8 Å². The summed E-state index contributed by atoms with van der Waals surface area (Å²) in [6.07, 6.45) is 7.95. The van der Waals surface area contributed by atoms with E-state index in [9.17, 15) is 0 Å². The molecule has 1 aliphatic carbocycles. The van der Waals surface area contributed by atoms with Gasteiger partial charge in [0, 0.05) is 24.6 Å². The van der Waals surface area contributed by atoms with Crippen LogP contribution in [0.15, 0.2) is 65.8 Å². The van der Waals surface area contributed by atoms with Crippen LogP contribution in [0.3, 0.4) is 0 Å². The Bertz CT molecular complexity index is 663. The highest BCUT2D eigenvalue weighted by Crippen LogP contribution is 2.17. The predicted octanol–water partition coefficient (Wildman–Crippen LogP) is 4.62. The Morgan fingerprint density at radius 1 is 0.846 bits per heavy atom. The fourth-order valence-electron chi connectivity index (χ4n) is 3.40. The summed E-state index contributed by atoms with van der Waals surface area (Å²) in [5.74, 6) is 0. The van der Waals surface area contributed by atoms with Gasteiger partial charge in [0.1, 0.15) is 0 Å². The van der Waals surface area contributed by atoms with Gasteiger partial charge >= 0.3 is 0 Å². The molecule has 2 aromatic carbocycles. The molecule has 1 aliphatic rings. The second kappa shape index (κ2) is 10.1. The van der Waals surface area contributed by atoms with E-state index in [2.05, 4.69) is 64.4 Å². The third kappa shape index (κ3) is 6.26. The van der Waals surface area contributed by atoms with Crippen molar-refractivity contribution in [3.05, 3.63) is 71.8 Å². The van der Waals surface area contributed by atoms with Crippen LogP contribution in [-0.4, -0.2) is 16.9 Å². The van der Waals surface area contributed by atoms with Crippen LogP contribution < -0.4 is 10.7 Å². The maximum Gasteiger partial charge on any atom is 0.187 e. The quantitative estimate of drug-likeness (QED) is 0.445. The summed E-state index contributed by atoms with van der Waals surface area (Å²) in [6, 6.07) is 21.4. The third-order valence-electron chi connectivity index (χ3n) is 4.76. The summed E-state index contributed by atoms with van der Waals surface area (Å²) in [5, 5.41) is 8.69. The molecule has 0 unspecified atom stereocenters. The van der Waals surface area contributed by atoms with Gasteiger partial charge in [-0.15, -0.1) is 0 Å². The number of nitrogens with zero attached hydrogens (tertiary/aromatic N) is 1. The van der Waals surface area contributed by atoms with Crippen molar-refractivity contribution < 1.29 is 0 Å². The Kier molecular flexibility index (Phi) is 7.20. The van der Waals surface area contributed by atoms with Crippen LogP contribution in [0, 0.1) is 0 Å². The van der Waals surface area contributed by atoms with Gasteiger partial charge in [-0.2, -0.15) is 5.10 Å². The minimum atomic E-state index is 0.491. The Morgan fingerprint density at radius 3 is 1.92 bits per heavy atom. The summed E-state index contributed by atoms with van der Waals surface area (Å²) in [6.45, 7) is 0. The lowest BCUT2D eigenvalue weighted by atomic mass is 9.96. The number of benzene rings is 2. The molecule has 0 atom stereocenters. The molecule has 1 saturated carbocycles. The van der Waals surface area contributed by atoms with Crippen molar-refractivity contribution >= 4 is 23.0 Å². The summed E-state index contributed by atoms with van der Waals surface area (Å²) in [7, 11) is 0. The lowest BCUT2D eigenvalue weighted by molar-refractivity contribution is 0.412. The first-order valence-corrected chi connectivity index (χ1v) is 9.90. The Balaban J connectivity index is 1.63. The molecule has 3 nitrogen and oxygen atoms in total. The molecule has 26 heavy (non-hydrogen) atoms. The average Bonchev–Trinajstić information content (AvgIpc) is 2.68. The molecule has 2 N–H and O–H groups in total. The van der Waals surface area contributed by atoms with Crippen molar-refractivity contribution in [2.75, 3.05) is 0 Å². The van der Waals surface area contributed by atoms with E-state index in [4.69, 9.17) is 12.2 Å². The van der Waals surface area contributed by atoms with Crippen LogP contribution in [0.5, 0.6) is 0 Å². The van der Waals surface area contributed by atoms with E-state index in [1.54, 1.807) is 0 Å². The Hall–Kier alpha value is -2.20. The number of hydrogen-bond acceptors (Lipinski definition) is 2. The molecule has 0 saturated heterocycles. The molecule has 3 rings (SSSR count). The van der Waals surface area contributed by atoms with Gasteiger partial charge in [0.15, 0.2) is 5.11 Å². The van der Waals surface area contributed by atoms with Gasteiger partial charge in [0.2, 0.25) is 0 Å². The van der Waals surface area contributed by atoms with Crippen molar-refractivity contribution in [2.24, 2.45) is 5.10 Å². The highest BCUT2D eigenvalue weighted by molar-refractivity contribution is 7.80. The summed E-state index contributed by atoms with van der Waals surface area (Å²) in [5.41, 5.74) is 6.68. The number of hydrogen-bond donors (Lipinski definition) is 2. The molecule has 4 heteroatoms. The van der Waals surface area contributed by atoms with Crippen molar-refractivity contribution in [3.63, 3.8) is 0 Å². The molecule has 0 amide bonds. The Labute approximate surface area is 161 Å². The van der Waals surface area contributed by atoms with E-state index >= 15 is 0 Å². The van der Waals surface area contributed by atoms with E-state index in [0.717, 1.165) is 18.6 Å². The van der Waals surface area contributed by atoms with E-state index in [1.807, 2.05) is 12.1 Å². The highest BCUT2D eigenvalue weighted by Gasteiger charge is 2.13. The van der Waals surface area contributed by atoms with Crippen molar-refractivity contribution in [1.29, 1.82) is 0 Å². The van der Waals surface area contributed by atoms with E-state index in [-0.39, 0.29) is 0 Å². The normalized spacial score (nSPS) is 14.5. The van der Waals surface area contributed by atoms with Gasteiger partial charge in [-0.1, -0.05) is 79.9 Å². The van der Waals surface area contributed by atoms with Crippen molar-refractivity contribution in [1.82, 2.24) is 10.7 Å². The molecule has 0 aromatic heterocycles. The molecular weight excluding hydrogens is 338 g/mol. The lowest BCUT2D eigenvalue weighted by Gasteiger charge is -2.23. The SMILES string of the molecule is S=C(NN=C(Cc1ccccc1)Cc1ccccc1)NC1CCCCC1. The molecule has 0 bridgehead atoms. The van der Waals surface area contributed by atoms with Gasteiger partial charge in [0.25, 0.3) is 0 Å². The summed E-state index contributed by atoms with van der Waals surface area (Å²) in [4.78, 5) is 0. The van der Waals surface area contributed by atoms with Gasteiger partial charge in [-0.25, -0.2) is 0 Å². The maximum absolute atomic E-state index is 5.45. The summed E-state index contributed by atoms with van der Waals surface area (Å²) >= 11 is 5.45. The van der Waals surface area contributed by atoms with E-state index in [1.165, 1.54) is 43.2 Å². The zero-order valence-electron chi connectivity index (χ0n) is 15.2. The summed E-state index contributed by atoms with van der Waals surface area (Å²) < 4.78 is 0. The van der Waals surface area contributed by atoms with Crippen LogP contribution in [0.25, 0.3) is 0 Å². The number of hydrazone groups is 1. The van der Waals surface area contributed by atoms with E-state index < -0.39 is 0 Å². The monoisotopic (exact) mass is 365 g/mol. The standard InChI is InChI=1S/C22H27N3S/c26-22(23-20-14-8-3-9-15-20)25-24-21(16-18-10-4-1-5-11-18)17-19-12-6-2-7-13-19/h1-2,4-7,10-13,20H,3,8-9,14-17H2,(H2,23,25,26). The zero-order chi connectivity index (χ0) is 18.0.